The summed E-state index contributed by atoms with van der Waals surface area (Å²) < 4.78 is 1.60. The molecular weight excluding hydrogens is 286 g/mol. The Bertz CT molecular complexity index is 875. The lowest BCUT2D eigenvalue weighted by Crippen LogP contribution is -2.22. The number of aromatic nitrogens is 3. The predicted molar refractivity (Wildman–Crippen MR) is 94.0 cm³/mol. The summed E-state index contributed by atoms with van der Waals surface area (Å²) in [5.74, 6) is 0. The van der Waals surface area contributed by atoms with Gasteiger partial charge in [0, 0.05) is 22.5 Å². The number of aryl methyl sites for hydroxylation is 2. The van der Waals surface area contributed by atoms with Crippen molar-refractivity contribution < 1.29 is 0 Å². The average Bonchev–Trinajstić information content (AvgIpc) is 2.88. The van der Waals surface area contributed by atoms with E-state index in [1.54, 1.807) is 4.52 Å². The van der Waals surface area contributed by atoms with Gasteiger partial charge in [0.15, 0.2) is 5.65 Å². The Kier molecular flexibility index (Phi) is 4.33. The number of nitrogens with one attached hydrogen (secondary N) is 1. The molecule has 2 heterocycles. The van der Waals surface area contributed by atoms with Crippen LogP contribution < -0.4 is 5.56 Å². The Labute approximate surface area is 136 Å². The quantitative estimate of drug-likeness (QED) is 0.723. The lowest BCUT2D eigenvalue weighted by molar-refractivity contribution is 0.701. The zero-order chi connectivity index (χ0) is 16.4. The molecule has 120 valence electrons. The van der Waals surface area contributed by atoms with Gasteiger partial charge in [-0.3, -0.25) is 9.89 Å². The number of hydrogen-bond acceptors (Lipinski definition) is 2. The molecule has 0 aliphatic carbocycles. The van der Waals surface area contributed by atoms with Crippen molar-refractivity contribution in [3.05, 3.63) is 57.6 Å². The summed E-state index contributed by atoms with van der Waals surface area (Å²) in [7, 11) is 0. The van der Waals surface area contributed by atoms with E-state index in [0.29, 0.717) is 0 Å². The van der Waals surface area contributed by atoms with E-state index >= 15 is 0 Å². The minimum atomic E-state index is 0.0360. The molecule has 3 rings (SSSR count). The second kappa shape index (κ2) is 6.41. The van der Waals surface area contributed by atoms with Crippen LogP contribution in [0.3, 0.4) is 0 Å². The smallest absolute Gasteiger partial charge is 0.276 e. The molecule has 1 aromatic carbocycles. The largest absolute Gasteiger partial charge is 0.293 e. The van der Waals surface area contributed by atoms with E-state index < -0.39 is 0 Å². The Balaban J connectivity index is 2.16. The molecule has 0 bridgehead atoms. The molecule has 1 N–H and O–H groups in total. The van der Waals surface area contributed by atoms with E-state index in [1.165, 1.54) is 0 Å². The molecule has 0 unspecified atom stereocenters. The lowest BCUT2D eigenvalue weighted by Gasteiger charge is -2.06. The Morgan fingerprint density at radius 2 is 1.87 bits per heavy atom. The summed E-state index contributed by atoms with van der Waals surface area (Å²) in [4.78, 5) is 17.6. The second-order valence-electron chi connectivity index (χ2n) is 6.07. The fraction of sp³-hybridized carbons (Fsp3) is 0.368. The summed E-state index contributed by atoms with van der Waals surface area (Å²) in [6.07, 6.45) is 4.12. The van der Waals surface area contributed by atoms with Gasteiger partial charge in [0.05, 0.1) is 0 Å². The summed E-state index contributed by atoms with van der Waals surface area (Å²) in [5, 5.41) is 3.19. The van der Waals surface area contributed by atoms with Crippen LogP contribution in [0.25, 0.3) is 16.8 Å². The number of hydrogen-bond donors (Lipinski definition) is 1. The number of unbranched alkanes of at least 4 members (excludes halogenated alkanes) is 2. The fourth-order valence-corrected chi connectivity index (χ4v) is 3.12. The van der Waals surface area contributed by atoms with Crippen molar-refractivity contribution in [1.29, 1.82) is 0 Å². The van der Waals surface area contributed by atoms with Gasteiger partial charge in [0.25, 0.3) is 5.56 Å². The summed E-state index contributed by atoms with van der Waals surface area (Å²) >= 11 is 0. The van der Waals surface area contributed by atoms with Gasteiger partial charge in [0.1, 0.15) is 0 Å². The molecule has 0 fully saturated rings. The number of H-pyrrole nitrogens is 1. The van der Waals surface area contributed by atoms with Crippen molar-refractivity contribution in [3.8, 4) is 11.1 Å². The molecule has 2 aromatic heterocycles. The fourth-order valence-electron chi connectivity index (χ4n) is 3.12. The summed E-state index contributed by atoms with van der Waals surface area (Å²) in [6.45, 7) is 6.10. The van der Waals surface area contributed by atoms with Gasteiger partial charge in [-0.1, -0.05) is 50.1 Å². The van der Waals surface area contributed by atoms with Crippen LogP contribution in [0.15, 0.2) is 35.1 Å². The van der Waals surface area contributed by atoms with Gasteiger partial charge in [-0.05, 0) is 32.3 Å². The normalized spacial score (nSPS) is 11.3. The molecule has 0 aliphatic heterocycles. The van der Waals surface area contributed by atoms with Crippen LogP contribution >= 0.6 is 0 Å². The van der Waals surface area contributed by atoms with Gasteiger partial charge in [-0.15, -0.1) is 0 Å². The summed E-state index contributed by atoms with van der Waals surface area (Å²) in [5.41, 5.74) is 5.48. The maximum absolute atomic E-state index is 12.8. The number of aromatic amines is 1. The average molecular weight is 309 g/mol. The van der Waals surface area contributed by atoms with Crippen molar-refractivity contribution in [2.75, 3.05) is 0 Å². The molecule has 23 heavy (non-hydrogen) atoms. The zero-order valence-electron chi connectivity index (χ0n) is 14.0. The zero-order valence-corrected chi connectivity index (χ0v) is 14.0. The highest BCUT2D eigenvalue weighted by Gasteiger charge is 2.17. The van der Waals surface area contributed by atoms with Crippen molar-refractivity contribution in [1.82, 2.24) is 14.6 Å². The van der Waals surface area contributed by atoms with Crippen LogP contribution in [0, 0.1) is 13.8 Å². The predicted octanol–water partition coefficient (Wildman–Crippen LogP) is 4.04. The maximum Gasteiger partial charge on any atom is 0.276 e. The topological polar surface area (TPSA) is 50.2 Å². The third-order valence-electron chi connectivity index (χ3n) is 4.35. The van der Waals surface area contributed by atoms with E-state index in [0.717, 1.165) is 59.4 Å². The highest BCUT2D eigenvalue weighted by atomic mass is 16.1. The minimum absolute atomic E-state index is 0.0360. The van der Waals surface area contributed by atoms with Gasteiger partial charge in [0.2, 0.25) is 0 Å². The molecule has 0 amide bonds. The van der Waals surface area contributed by atoms with Crippen LogP contribution in [0.5, 0.6) is 0 Å². The van der Waals surface area contributed by atoms with Crippen LogP contribution in [0.2, 0.25) is 0 Å². The molecule has 0 spiro atoms. The molecular formula is C19H23N3O. The first kappa shape index (κ1) is 15.5. The van der Waals surface area contributed by atoms with Gasteiger partial charge < -0.3 is 0 Å². The van der Waals surface area contributed by atoms with Gasteiger partial charge >= 0.3 is 0 Å². The number of fused-ring (bicyclic) bond motifs is 1. The van der Waals surface area contributed by atoms with E-state index in [2.05, 4.69) is 12.0 Å². The molecule has 0 saturated heterocycles. The van der Waals surface area contributed by atoms with Crippen molar-refractivity contribution in [2.45, 2.75) is 46.5 Å². The Morgan fingerprint density at radius 3 is 2.57 bits per heavy atom. The van der Waals surface area contributed by atoms with Crippen molar-refractivity contribution >= 4 is 5.65 Å². The van der Waals surface area contributed by atoms with E-state index in [4.69, 9.17) is 4.98 Å². The van der Waals surface area contributed by atoms with Crippen LogP contribution in [0.4, 0.5) is 0 Å². The highest BCUT2D eigenvalue weighted by Crippen LogP contribution is 2.26. The maximum atomic E-state index is 12.8. The van der Waals surface area contributed by atoms with Crippen molar-refractivity contribution in [3.63, 3.8) is 0 Å². The summed E-state index contributed by atoms with van der Waals surface area (Å²) in [6, 6.07) is 10.1. The second-order valence-corrected chi connectivity index (χ2v) is 6.07. The highest BCUT2D eigenvalue weighted by molar-refractivity contribution is 5.79. The standard InChI is InChI=1S/C19H23N3O/c1-4-5-7-12-16-13(2)20-18-17(15-10-8-6-9-11-15)14(3)21-22(18)19(16)23/h6,8-11,21H,4-5,7,12H2,1-3H3. The first-order valence-corrected chi connectivity index (χ1v) is 8.29. The van der Waals surface area contributed by atoms with E-state index in [9.17, 15) is 4.79 Å². The molecule has 0 atom stereocenters. The SMILES string of the molecule is CCCCCc1c(C)nc2c(-c3ccccc3)c(C)[nH]n2c1=O. The molecule has 4 nitrogen and oxygen atoms in total. The third kappa shape index (κ3) is 2.81. The first-order valence-electron chi connectivity index (χ1n) is 8.29. The number of benzene rings is 1. The Hall–Kier alpha value is -2.36. The third-order valence-corrected chi connectivity index (χ3v) is 4.35. The molecule has 0 saturated carbocycles. The van der Waals surface area contributed by atoms with Gasteiger partial charge in [-0.2, -0.15) is 0 Å². The minimum Gasteiger partial charge on any atom is -0.293 e. The van der Waals surface area contributed by atoms with Crippen LogP contribution in [-0.4, -0.2) is 14.6 Å². The lowest BCUT2D eigenvalue weighted by atomic mass is 10.1. The van der Waals surface area contributed by atoms with E-state index in [1.807, 2.05) is 44.2 Å². The molecule has 0 aliphatic rings. The van der Waals surface area contributed by atoms with Crippen LogP contribution in [0.1, 0.15) is 43.1 Å². The van der Waals surface area contributed by atoms with E-state index in [-0.39, 0.29) is 5.56 Å². The molecule has 0 radical (unpaired) electrons. The number of nitrogens with zero attached hydrogens (tertiary/aromatic N) is 2. The number of rotatable bonds is 5. The Morgan fingerprint density at radius 1 is 1.13 bits per heavy atom. The first-order chi connectivity index (χ1) is 11.1. The van der Waals surface area contributed by atoms with Crippen LogP contribution in [-0.2, 0) is 6.42 Å². The molecule has 3 aromatic rings. The van der Waals surface area contributed by atoms with Crippen molar-refractivity contribution in [2.24, 2.45) is 0 Å². The monoisotopic (exact) mass is 309 g/mol. The van der Waals surface area contributed by atoms with Gasteiger partial charge in [-0.25, -0.2) is 9.50 Å². The molecule has 4 heteroatoms.